The van der Waals surface area contributed by atoms with Crippen LogP contribution >= 0.6 is 11.6 Å². The number of hydrogen-bond donors (Lipinski definition) is 1. The summed E-state index contributed by atoms with van der Waals surface area (Å²) in [6.07, 6.45) is 11.1. The van der Waals surface area contributed by atoms with Crippen LogP contribution in [-0.4, -0.2) is 65.8 Å². The highest BCUT2D eigenvalue weighted by Gasteiger charge is 2.42. The number of rotatable bonds is 13. The summed E-state index contributed by atoms with van der Waals surface area (Å²) in [6, 6.07) is 6.90. The minimum atomic E-state index is -0.947. The average molecular weight is 631 g/mol. The molecule has 1 heterocycles. The number of carboxylic acids is 1. The number of likely N-dealkylation sites (tertiary alicyclic amines) is 1. The molecule has 44 heavy (non-hydrogen) atoms. The Labute approximate surface area is 266 Å². The van der Waals surface area contributed by atoms with Crippen molar-refractivity contribution in [3.05, 3.63) is 69.2 Å². The molecule has 1 aliphatic heterocycles. The van der Waals surface area contributed by atoms with Crippen LogP contribution in [0.15, 0.2) is 30.3 Å². The summed E-state index contributed by atoms with van der Waals surface area (Å²) >= 11 is 6.26. The Morgan fingerprint density at radius 3 is 2.43 bits per heavy atom. The smallest absolute Gasteiger partial charge is 0.325 e. The molecule has 2 saturated carbocycles. The Bertz CT molecular complexity index is 1270. The van der Waals surface area contributed by atoms with Gasteiger partial charge in [0.15, 0.2) is 0 Å². The van der Waals surface area contributed by atoms with Gasteiger partial charge in [-0.15, -0.1) is 0 Å². The van der Waals surface area contributed by atoms with Crippen LogP contribution in [0.2, 0.25) is 5.02 Å². The quantitative estimate of drug-likeness (QED) is 0.240. The SMILES string of the molecule is Cc1c(F)ccc(C(C(=O)O)N(C)CC[C@H](CCN2CCCCC2)c2cc(F)cc(Cl)c2)c1C1CCC(OC2(C)CC2)CC1. The van der Waals surface area contributed by atoms with Gasteiger partial charge in [0.25, 0.3) is 0 Å². The van der Waals surface area contributed by atoms with Crippen molar-refractivity contribution in [3.63, 3.8) is 0 Å². The van der Waals surface area contributed by atoms with Gasteiger partial charge in [-0.05, 0) is 170 Å². The van der Waals surface area contributed by atoms with Gasteiger partial charge in [0, 0.05) is 5.02 Å². The van der Waals surface area contributed by atoms with E-state index in [1.54, 1.807) is 19.1 Å². The van der Waals surface area contributed by atoms with Crippen molar-refractivity contribution in [3.8, 4) is 0 Å². The second-order valence-electron chi connectivity index (χ2n) is 13.8. The molecule has 0 bridgehead atoms. The topological polar surface area (TPSA) is 53.0 Å². The third-order valence-corrected chi connectivity index (χ3v) is 10.6. The van der Waals surface area contributed by atoms with Crippen molar-refractivity contribution >= 4 is 17.6 Å². The highest BCUT2D eigenvalue weighted by molar-refractivity contribution is 6.30. The van der Waals surface area contributed by atoms with Crippen molar-refractivity contribution in [2.75, 3.05) is 33.2 Å². The summed E-state index contributed by atoms with van der Waals surface area (Å²) in [6.45, 7) is 7.52. The normalized spacial score (nSPS) is 23.4. The van der Waals surface area contributed by atoms with E-state index in [1.807, 2.05) is 18.0 Å². The lowest BCUT2D eigenvalue weighted by atomic mass is 9.77. The summed E-state index contributed by atoms with van der Waals surface area (Å²) in [5.41, 5.74) is 2.95. The first-order chi connectivity index (χ1) is 21.0. The maximum atomic E-state index is 15.0. The molecule has 0 radical (unpaired) electrons. The van der Waals surface area contributed by atoms with E-state index in [0.29, 0.717) is 29.1 Å². The van der Waals surface area contributed by atoms with Crippen LogP contribution in [0.25, 0.3) is 0 Å². The van der Waals surface area contributed by atoms with Crippen LogP contribution < -0.4 is 0 Å². The first-order valence-corrected chi connectivity index (χ1v) is 17.0. The molecule has 3 aliphatic rings. The lowest BCUT2D eigenvalue weighted by Gasteiger charge is -2.35. The minimum Gasteiger partial charge on any atom is -0.480 e. The number of benzene rings is 2. The molecule has 2 aliphatic carbocycles. The molecule has 0 aromatic heterocycles. The summed E-state index contributed by atoms with van der Waals surface area (Å²) in [5, 5.41) is 10.9. The minimum absolute atomic E-state index is 0.0248. The van der Waals surface area contributed by atoms with Crippen LogP contribution in [0, 0.1) is 18.6 Å². The zero-order valence-electron chi connectivity index (χ0n) is 26.6. The number of likely N-dealkylation sites (N-methyl/N-ethyl adjacent to an activating group) is 1. The Balaban J connectivity index is 1.33. The number of nitrogens with zero attached hydrogens (tertiary/aromatic N) is 2. The first kappa shape index (κ1) is 33.3. The average Bonchev–Trinajstić information content (AvgIpc) is 3.71. The predicted octanol–water partition coefficient (Wildman–Crippen LogP) is 8.63. The lowest BCUT2D eigenvalue weighted by molar-refractivity contribution is -0.143. The van der Waals surface area contributed by atoms with Crippen molar-refractivity contribution in [1.29, 1.82) is 0 Å². The summed E-state index contributed by atoms with van der Waals surface area (Å²) in [7, 11) is 1.84. The van der Waals surface area contributed by atoms with Gasteiger partial charge < -0.3 is 14.7 Å². The Hall–Kier alpha value is -2.06. The van der Waals surface area contributed by atoms with Gasteiger partial charge in [-0.1, -0.05) is 24.1 Å². The van der Waals surface area contributed by atoms with E-state index in [9.17, 15) is 14.3 Å². The lowest BCUT2D eigenvalue weighted by Crippen LogP contribution is -2.35. The molecule has 5 rings (SSSR count). The van der Waals surface area contributed by atoms with E-state index in [2.05, 4.69) is 11.8 Å². The molecule has 1 unspecified atom stereocenters. The number of halogens is 3. The van der Waals surface area contributed by atoms with Gasteiger partial charge in [-0.3, -0.25) is 9.69 Å². The number of hydrogen-bond acceptors (Lipinski definition) is 4. The van der Waals surface area contributed by atoms with Crippen LogP contribution in [-0.2, 0) is 9.53 Å². The summed E-state index contributed by atoms with van der Waals surface area (Å²) in [5.74, 6) is -1.48. The largest absolute Gasteiger partial charge is 0.480 e. The van der Waals surface area contributed by atoms with E-state index in [1.165, 1.54) is 31.4 Å². The van der Waals surface area contributed by atoms with Gasteiger partial charge in [0.2, 0.25) is 0 Å². The maximum Gasteiger partial charge on any atom is 0.325 e. The molecule has 3 fully saturated rings. The maximum absolute atomic E-state index is 15.0. The third kappa shape index (κ3) is 8.39. The first-order valence-electron chi connectivity index (χ1n) is 16.6. The third-order valence-electron chi connectivity index (χ3n) is 10.4. The number of carboxylic acid groups (broad SMARTS) is 1. The van der Waals surface area contributed by atoms with Gasteiger partial charge >= 0.3 is 5.97 Å². The zero-order valence-corrected chi connectivity index (χ0v) is 27.4. The number of aliphatic carboxylic acids is 1. The molecule has 2 aromatic carbocycles. The van der Waals surface area contributed by atoms with E-state index in [0.717, 1.165) is 75.7 Å². The molecule has 0 amide bonds. The van der Waals surface area contributed by atoms with E-state index in [4.69, 9.17) is 16.3 Å². The molecule has 2 aromatic rings. The molecule has 1 saturated heterocycles. The molecule has 5 nitrogen and oxygen atoms in total. The molecular formula is C36H49ClF2N2O3. The molecule has 0 spiro atoms. The van der Waals surface area contributed by atoms with Crippen molar-refractivity contribution in [1.82, 2.24) is 9.80 Å². The second-order valence-corrected chi connectivity index (χ2v) is 14.3. The summed E-state index contributed by atoms with van der Waals surface area (Å²) < 4.78 is 35.8. The second kappa shape index (κ2) is 14.6. The Morgan fingerprint density at radius 1 is 1.09 bits per heavy atom. The van der Waals surface area contributed by atoms with Gasteiger partial charge in [-0.2, -0.15) is 0 Å². The highest BCUT2D eigenvalue weighted by Crippen LogP contribution is 2.45. The zero-order chi connectivity index (χ0) is 31.4. The van der Waals surface area contributed by atoms with Crippen molar-refractivity contribution < 1.29 is 23.4 Å². The molecular weight excluding hydrogens is 582 g/mol. The molecule has 1 N–H and O–H groups in total. The van der Waals surface area contributed by atoms with Crippen molar-refractivity contribution in [2.24, 2.45) is 0 Å². The van der Waals surface area contributed by atoms with Gasteiger partial charge in [-0.25, -0.2) is 8.78 Å². The number of ether oxygens (including phenoxy) is 1. The van der Waals surface area contributed by atoms with E-state index < -0.39 is 12.0 Å². The fourth-order valence-corrected chi connectivity index (χ4v) is 7.76. The Morgan fingerprint density at radius 2 is 1.80 bits per heavy atom. The standard InChI is InChI=1S/C36H49ClF2N2O3/c1-24-32(39)12-11-31(33(24)26-7-9-30(10-8-26)44-36(2)15-16-36)34(35(42)43)40(3)19-13-25(14-20-41-17-5-4-6-18-41)27-21-28(37)23-29(38)22-27/h11-12,21-23,25-26,30,34H,4-10,13-20H2,1-3H3,(H,42,43)/t25-,26?,30?,34?/m1/s1. The van der Waals surface area contributed by atoms with Crippen LogP contribution in [0.5, 0.6) is 0 Å². The predicted molar refractivity (Wildman–Crippen MR) is 172 cm³/mol. The number of piperidine rings is 1. The van der Waals surface area contributed by atoms with Crippen LogP contribution in [0.4, 0.5) is 8.78 Å². The van der Waals surface area contributed by atoms with Crippen molar-refractivity contribution in [2.45, 2.75) is 114 Å². The molecule has 2 atom stereocenters. The highest BCUT2D eigenvalue weighted by atomic mass is 35.5. The fourth-order valence-electron chi connectivity index (χ4n) is 7.53. The molecule has 242 valence electrons. The fraction of sp³-hybridized carbons (Fsp3) is 0.639. The van der Waals surface area contributed by atoms with Gasteiger partial charge in [0.1, 0.15) is 17.7 Å². The van der Waals surface area contributed by atoms with Crippen LogP contribution in [0.1, 0.15) is 118 Å². The summed E-state index contributed by atoms with van der Waals surface area (Å²) in [4.78, 5) is 17.2. The van der Waals surface area contributed by atoms with E-state index in [-0.39, 0.29) is 35.2 Å². The Kier molecular flexibility index (Phi) is 11.0. The van der Waals surface area contributed by atoms with Gasteiger partial charge in [0.05, 0.1) is 11.7 Å². The molecule has 8 heteroatoms. The number of carbonyl (C=O) groups is 1. The monoisotopic (exact) mass is 630 g/mol. The van der Waals surface area contributed by atoms with Crippen LogP contribution in [0.3, 0.4) is 0 Å². The van der Waals surface area contributed by atoms with E-state index >= 15 is 4.39 Å².